The highest BCUT2D eigenvalue weighted by Crippen LogP contribution is 2.41. The molecule has 1 fully saturated rings. The molecule has 0 radical (unpaired) electrons. The summed E-state index contributed by atoms with van der Waals surface area (Å²) in [7, 11) is 0. The van der Waals surface area contributed by atoms with Crippen molar-refractivity contribution < 1.29 is 9.23 Å². The van der Waals surface area contributed by atoms with Gasteiger partial charge in [-0.2, -0.15) is 5.06 Å². The van der Waals surface area contributed by atoms with Crippen molar-refractivity contribution in [3.8, 4) is 0 Å². The van der Waals surface area contributed by atoms with Gasteiger partial charge in [-0.05, 0) is 70.2 Å². The number of halogens is 1. The largest absolute Gasteiger partial charge is 0.290 e. The van der Waals surface area contributed by atoms with Crippen molar-refractivity contribution in [2.24, 2.45) is 0 Å². The summed E-state index contributed by atoms with van der Waals surface area (Å²) in [6, 6.07) is 17.1. The molecule has 1 unspecified atom stereocenters. The molecule has 26 heavy (non-hydrogen) atoms. The topological polar surface area (TPSA) is 12.5 Å². The third-order valence-electron chi connectivity index (χ3n) is 5.39. The van der Waals surface area contributed by atoms with Gasteiger partial charge in [-0.25, -0.2) is 4.39 Å². The van der Waals surface area contributed by atoms with Crippen molar-refractivity contribution in [2.75, 3.05) is 0 Å². The fourth-order valence-electron chi connectivity index (χ4n) is 4.14. The highest BCUT2D eigenvalue weighted by molar-refractivity contribution is 5.23. The Labute approximate surface area is 156 Å². The van der Waals surface area contributed by atoms with Gasteiger partial charge in [0.2, 0.25) is 0 Å². The van der Waals surface area contributed by atoms with Crippen LogP contribution in [0.1, 0.15) is 64.2 Å². The van der Waals surface area contributed by atoms with E-state index in [0.717, 1.165) is 18.4 Å². The van der Waals surface area contributed by atoms with Crippen molar-refractivity contribution >= 4 is 0 Å². The van der Waals surface area contributed by atoms with E-state index < -0.39 is 0 Å². The summed E-state index contributed by atoms with van der Waals surface area (Å²) >= 11 is 0. The van der Waals surface area contributed by atoms with Gasteiger partial charge < -0.3 is 0 Å². The van der Waals surface area contributed by atoms with E-state index in [-0.39, 0.29) is 23.0 Å². The number of hydrogen-bond acceptors (Lipinski definition) is 2. The van der Waals surface area contributed by atoms with Gasteiger partial charge >= 0.3 is 0 Å². The normalized spacial score (nSPS) is 20.7. The Bertz CT molecular complexity index is 710. The molecule has 0 bridgehead atoms. The van der Waals surface area contributed by atoms with Crippen molar-refractivity contribution in [2.45, 2.75) is 70.6 Å². The van der Waals surface area contributed by atoms with Gasteiger partial charge in [0.25, 0.3) is 0 Å². The lowest BCUT2D eigenvalue weighted by Crippen LogP contribution is -2.58. The molecule has 1 aliphatic heterocycles. The molecule has 0 spiro atoms. The molecule has 0 amide bonds. The van der Waals surface area contributed by atoms with E-state index in [1.807, 2.05) is 24.3 Å². The van der Waals surface area contributed by atoms with E-state index in [1.54, 1.807) is 12.1 Å². The van der Waals surface area contributed by atoms with Gasteiger partial charge in [0, 0.05) is 17.5 Å². The summed E-state index contributed by atoms with van der Waals surface area (Å²) in [6.45, 7) is 8.94. The molecular weight excluding hydrogens is 325 g/mol. The Morgan fingerprint density at radius 1 is 0.962 bits per heavy atom. The summed E-state index contributed by atoms with van der Waals surface area (Å²) in [4.78, 5) is 6.63. The number of benzene rings is 2. The summed E-state index contributed by atoms with van der Waals surface area (Å²) in [5, 5.41) is 2.17. The van der Waals surface area contributed by atoms with Crippen molar-refractivity contribution in [3.05, 3.63) is 71.5 Å². The maximum atomic E-state index is 13.9. The van der Waals surface area contributed by atoms with Gasteiger partial charge in [0.1, 0.15) is 11.9 Å². The van der Waals surface area contributed by atoms with E-state index in [0.29, 0.717) is 6.42 Å². The Kier molecular flexibility index (Phi) is 5.50. The van der Waals surface area contributed by atoms with Crippen molar-refractivity contribution in [1.29, 1.82) is 0 Å². The quantitative estimate of drug-likeness (QED) is 0.644. The zero-order chi connectivity index (χ0) is 18.8. The number of piperidine rings is 1. The minimum Gasteiger partial charge on any atom is -0.290 e. The lowest BCUT2D eigenvalue weighted by molar-refractivity contribution is -0.307. The lowest BCUT2D eigenvalue weighted by atomic mass is 9.82. The molecule has 2 aromatic rings. The molecular formula is C23H30FNO. The minimum absolute atomic E-state index is 0.0516. The van der Waals surface area contributed by atoms with Gasteiger partial charge in [-0.15, -0.1) is 0 Å². The van der Waals surface area contributed by atoms with Crippen molar-refractivity contribution in [1.82, 2.24) is 5.06 Å². The minimum atomic E-state index is -0.221. The standard InChI is InChI=1S/C23H30FNO/c1-22(2)14-9-15-23(3,4)25(22)26-21(16-18-10-6-5-7-11-18)19-12-8-13-20(24)17-19/h5-8,10-13,17,21H,9,14-16H2,1-4H3. The number of rotatable bonds is 5. The molecule has 0 aromatic heterocycles. The van der Waals surface area contributed by atoms with Crippen LogP contribution in [0.15, 0.2) is 54.6 Å². The third kappa shape index (κ3) is 4.33. The van der Waals surface area contributed by atoms with E-state index in [9.17, 15) is 4.39 Å². The molecule has 2 aromatic carbocycles. The third-order valence-corrected chi connectivity index (χ3v) is 5.39. The van der Waals surface area contributed by atoms with Crippen LogP contribution in [0, 0.1) is 5.82 Å². The van der Waals surface area contributed by atoms with Crippen LogP contribution in [0.4, 0.5) is 4.39 Å². The van der Waals surface area contributed by atoms with Crippen molar-refractivity contribution in [3.63, 3.8) is 0 Å². The molecule has 2 nitrogen and oxygen atoms in total. The Balaban J connectivity index is 1.92. The molecule has 140 valence electrons. The van der Waals surface area contributed by atoms with Gasteiger partial charge in [0.15, 0.2) is 0 Å². The Morgan fingerprint density at radius 2 is 1.62 bits per heavy atom. The Hall–Kier alpha value is -1.71. The molecule has 0 aliphatic carbocycles. The maximum absolute atomic E-state index is 13.9. The molecule has 1 aliphatic rings. The van der Waals surface area contributed by atoms with Crippen LogP contribution in [-0.2, 0) is 11.3 Å². The Morgan fingerprint density at radius 3 is 2.23 bits per heavy atom. The van der Waals surface area contributed by atoms with Crippen LogP contribution in [0.25, 0.3) is 0 Å². The first-order chi connectivity index (χ1) is 12.3. The highest BCUT2D eigenvalue weighted by atomic mass is 19.1. The smallest absolute Gasteiger partial charge is 0.123 e. The second kappa shape index (κ2) is 7.50. The van der Waals surface area contributed by atoms with Gasteiger partial charge in [-0.1, -0.05) is 42.5 Å². The highest BCUT2D eigenvalue weighted by Gasteiger charge is 2.43. The second-order valence-electron chi connectivity index (χ2n) is 8.61. The fourth-order valence-corrected chi connectivity index (χ4v) is 4.14. The van der Waals surface area contributed by atoms with Crippen LogP contribution in [0.3, 0.4) is 0 Å². The number of nitrogens with zero attached hydrogens (tertiary/aromatic N) is 1. The summed E-state index contributed by atoms with van der Waals surface area (Å²) in [5.41, 5.74) is 1.97. The monoisotopic (exact) mass is 355 g/mol. The summed E-state index contributed by atoms with van der Waals surface area (Å²) in [6.07, 6.45) is 3.88. The van der Waals surface area contributed by atoms with Gasteiger partial charge in [0.05, 0.1) is 0 Å². The second-order valence-corrected chi connectivity index (χ2v) is 8.61. The lowest BCUT2D eigenvalue weighted by Gasteiger charge is -2.52. The molecule has 1 saturated heterocycles. The van der Waals surface area contributed by atoms with E-state index in [4.69, 9.17) is 4.84 Å². The van der Waals surface area contributed by atoms with Crippen LogP contribution >= 0.6 is 0 Å². The molecule has 1 heterocycles. The van der Waals surface area contributed by atoms with Crippen LogP contribution in [-0.4, -0.2) is 16.1 Å². The number of hydroxylamine groups is 2. The average molecular weight is 355 g/mol. The number of hydrogen-bond donors (Lipinski definition) is 0. The zero-order valence-electron chi connectivity index (χ0n) is 16.3. The maximum Gasteiger partial charge on any atom is 0.123 e. The summed E-state index contributed by atoms with van der Waals surface area (Å²) in [5.74, 6) is -0.221. The predicted molar refractivity (Wildman–Crippen MR) is 104 cm³/mol. The average Bonchev–Trinajstić information content (AvgIpc) is 2.57. The first-order valence-electron chi connectivity index (χ1n) is 9.54. The molecule has 1 atom stereocenters. The van der Waals surface area contributed by atoms with E-state index >= 15 is 0 Å². The molecule has 3 heteroatoms. The van der Waals surface area contributed by atoms with E-state index in [1.165, 1.54) is 18.1 Å². The van der Waals surface area contributed by atoms with Crippen LogP contribution in [0.2, 0.25) is 0 Å². The first-order valence-corrected chi connectivity index (χ1v) is 9.54. The molecule has 0 N–H and O–H groups in total. The molecule has 3 rings (SSSR count). The SMILES string of the molecule is CC1(C)CCCC(C)(C)N1OC(Cc1ccccc1)c1cccc(F)c1. The van der Waals surface area contributed by atoms with Crippen LogP contribution < -0.4 is 0 Å². The molecule has 0 saturated carbocycles. The summed E-state index contributed by atoms with van der Waals surface area (Å²) < 4.78 is 13.9. The zero-order valence-corrected chi connectivity index (χ0v) is 16.3. The van der Waals surface area contributed by atoms with Gasteiger partial charge in [-0.3, -0.25) is 4.84 Å². The van der Waals surface area contributed by atoms with Crippen LogP contribution in [0.5, 0.6) is 0 Å². The first kappa shape index (κ1) is 19.1. The van der Waals surface area contributed by atoms with E-state index in [2.05, 4.69) is 44.9 Å². The predicted octanol–water partition coefficient (Wildman–Crippen LogP) is 6.08. The fraction of sp³-hybridized carbons (Fsp3) is 0.478.